The van der Waals surface area contributed by atoms with Gasteiger partial charge in [-0.25, -0.2) is 8.42 Å². The molecular formula is C15H23N3O3S. The highest BCUT2D eigenvalue weighted by molar-refractivity contribution is 7.89. The van der Waals surface area contributed by atoms with Gasteiger partial charge < -0.3 is 11.1 Å². The van der Waals surface area contributed by atoms with Crippen molar-refractivity contribution < 1.29 is 13.2 Å². The molecule has 7 heteroatoms. The lowest BCUT2D eigenvalue weighted by molar-refractivity contribution is 0.0963. The Labute approximate surface area is 131 Å². The Balaban J connectivity index is 2.21. The van der Waals surface area contributed by atoms with Crippen LogP contribution in [0.1, 0.15) is 30.1 Å². The van der Waals surface area contributed by atoms with E-state index in [4.69, 9.17) is 5.73 Å². The van der Waals surface area contributed by atoms with Crippen molar-refractivity contribution in [1.29, 1.82) is 0 Å². The zero-order valence-corrected chi connectivity index (χ0v) is 13.8. The lowest BCUT2D eigenvalue weighted by Gasteiger charge is -2.33. The number of piperidine rings is 1. The van der Waals surface area contributed by atoms with Gasteiger partial charge in [0.05, 0.1) is 4.90 Å². The molecule has 1 aromatic rings. The number of benzene rings is 1. The lowest BCUT2D eigenvalue weighted by atomic mass is 9.93. The van der Waals surface area contributed by atoms with Crippen LogP contribution >= 0.6 is 0 Å². The van der Waals surface area contributed by atoms with Gasteiger partial charge in [-0.3, -0.25) is 4.79 Å². The molecule has 1 fully saturated rings. The van der Waals surface area contributed by atoms with Gasteiger partial charge in [-0.15, -0.1) is 0 Å². The smallest absolute Gasteiger partial charge is 0.251 e. The van der Waals surface area contributed by atoms with Crippen LogP contribution in [0.5, 0.6) is 0 Å². The van der Waals surface area contributed by atoms with Gasteiger partial charge in [-0.1, -0.05) is 0 Å². The van der Waals surface area contributed by atoms with Gasteiger partial charge in [0.1, 0.15) is 0 Å². The van der Waals surface area contributed by atoms with E-state index in [2.05, 4.69) is 5.32 Å². The molecule has 1 saturated heterocycles. The number of hydrogen-bond acceptors (Lipinski definition) is 4. The minimum absolute atomic E-state index is 0.0198. The van der Waals surface area contributed by atoms with Crippen molar-refractivity contribution in [2.24, 2.45) is 11.7 Å². The minimum Gasteiger partial charge on any atom is -0.355 e. The van der Waals surface area contributed by atoms with Crippen molar-refractivity contribution in [2.75, 3.05) is 20.1 Å². The Morgan fingerprint density at radius 2 is 2.00 bits per heavy atom. The molecule has 6 nitrogen and oxygen atoms in total. The third-order valence-corrected chi connectivity index (χ3v) is 6.02. The summed E-state index contributed by atoms with van der Waals surface area (Å²) in [6.45, 7) is 2.89. The molecule has 2 atom stereocenters. The second-order valence-electron chi connectivity index (χ2n) is 5.73. The second-order valence-corrected chi connectivity index (χ2v) is 7.67. The zero-order valence-electron chi connectivity index (χ0n) is 13.0. The topological polar surface area (TPSA) is 92.5 Å². The molecule has 0 spiro atoms. The van der Waals surface area contributed by atoms with Crippen LogP contribution in [-0.2, 0) is 10.0 Å². The van der Waals surface area contributed by atoms with E-state index in [-0.39, 0.29) is 22.8 Å². The first kappa shape index (κ1) is 16.9. The molecule has 0 radical (unpaired) electrons. The molecular weight excluding hydrogens is 302 g/mol. The molecule has 1 aliphatic heterocycles. The number of nitrogens with two attached hydrogens (primary N) is 1. The van der Waals surface area contributed by atoms with E-state index in [0.717, 1.165) is 12.8 Å². The molecule has 0 aliphatic carbocycles. The number of amides is 1. The average Bonchev–Trinajstić information content (AvgIpc) is 2.54. The lowest BCUT2D eigenvalue weighted by Crippen LogP contribution is -2.44. The molecule has 122 valence electrons. The van der Waals surface area contributed by atoms with E-state index < -0.39 is 10.0 Å². The van der Waals surface area contributed by atoms with Crippen LogP contribution in [0.2, 0.25) is 0 Å². The van der Waals surface area contributed by atoms with E-state index in [1.165, 1.54) is 35.6 Å². The first-order chi connectivity index (χ1) is 10.4. The first-order valence-corrected chi connectivity index (χ1v) is 8.88. The fourth-order valence-electron chi connectivity index (χ4n) is 2.69. The Kier molecular flexibility index (Phi) is 5.20. The minimum atomic E-state index is -3.53. The fourth-order valence-corrected chi connectivity index (χ4v) is 4.23. The number of sulfonamides is 1. The van der Waals surface area contributed by atoms with E-state index in [0.29, 0.717) is 18.7 Å². The van der Waals surface area contributed by atoms with Crippen LogP contribution in [0, 0.1) is 5.92 Å². The van der Waals surface area contributed by atoms with Gasteiger partial charge in [0.2, 0.25) is 10.0 Å². The zero-order chi connectivity index (χ0) is 16.3. The Bertz CT molecular complexity index is 626. The number of nitrogens with one attached hydrogen (secondary N) is 1. The predicted octanol–water partition coefficient (Wildman–Crippen LogP) is 0.794. The molecule has 1 amide bonds. The van der Waals surface area contributed by atoms with Crippen molar-refractivity contribution in [2.45, 2.75) is 30.7 Å². The maximum absolute atomic E-state index is 12.7. The second kappa shape index (κ2) is 6.76. The van der Waals surface area contributed by atoms with Gasteiger partial charge in [-0.2, -0.15) is 4.31 Å². The maximum Gasteiger partial charge on any atom is 0.251 e. The van der Waals surface area contributed by atoms with E-state index in [9.17, 15) is 13.2 Å². The largest absolute Gasteiger partial charge is 0.355 e. The van der Waals surface area contributed by atoms with Crippen molar-refractivity contribution in [3.05, 3.63) is 29.8 Å². The van der Waals surface area contributed by atoms with Crippen LogP contribution in [0.3, 0.4) is 0 Å². The van der Waals surface area contributed by atoms with E-state index >= 15 is 0 Å². The standard InChI is InChI=1S/C15H23N3O3S/c1-11(16)13-4-3-9-18(10-13)22(20,21)14-7-5-12(6-8-14)15(19)17-2/h5-8,11,13H,3-4,9-10,16H2,1-2H3,(H,17,19)/t11-,13-/m1/s1. The third kappa shape index (κ3) is 3.48. The van der Waals surface area contributed by atoms with Gasteiger partial charge in [-0.05, 0) is 49.9 Å². The molecule has 0 aromatic heterocycles. The van der Waals surface area contributed by atoms with Gasteiger partial charge in [0.15, 0.2) is 0 Å². The quantitative estimate of drug-likeness (QED) is 0.856. The highest BCUT2D eigenvalue weighted by Crippen LogP contribution is 2.25. The van der Waals surface area contributed by atoms with Crippen molar-refractivity contribution in [3.63, 3.8) is 0 Å². The number of nitrogens with zero attached hydrogens (tertiary/aromatic N) is 1. The number of rotatable bonds is 4. The Hall–Kier alpha value is -1.44. The summed E-state index contributed by atoms with van der Waals surface area (Å²) in [4.78, 5) is 11.7. The van der Waals surface area contributed by atoms with Crippen molar-refractivity contribution >= 4 is 15.9 Å². The van der Waals surface area contributed by atoms with Crippen molar-refractivity contribution in [1.82, 2.24) is 9.62 Å². The van der Waals surface area contributed by atoms with Gasteiger partial charge in [0.25, 0.3) is 5.91 Å². The summed E-state index contributed by atoms with van der Waals surface area (Å²) in [6, 6.07) is 6.00. The summed E-state index contributed by atoms with van der Waals surface area (Å²) in [5.74, 6) is -0.0485. The van der Waals surface area contributed by atoms with Gasteiger partial charge >= 0.3 is 0 Å². The van der Waals surface area contributed by atoms with Crippen LogP contribution in [0.4, 0.5) is 0 Å². The average molecular weight is 325 g/mol. The Morgan fingerprint density at radius 3 is 2.55 bits per heavy atom. The van der Waals surface area contributed by atoms with Crippen molar-refractivity contribution in [3.8, 4) is 0 Å². The van der Waals surface area contributed by atoms with Crippen LogP contribution in [0.25, 0.3) is 0 Å². The molecule has 2 rings (SSSR count). The van der Waals surface area contributed by atoms with Gasteiger partial charge in [0, 0.05) is 31.7 Å². The SMILES string of the molecule is CNC(=O)c1ccc(S(=O)(=O)N2CCC[C@@H]([C@@H](C)N)C2)cc1. The molecule has 0 bridgehead atoms. The fraction of sp³-hybridized carbons (Fsp3) is 0.533. The van der Waals surface area contributed by atoms with Crippen LogP contribution < -0.4 is 11.1 Å². The van der Waals surface area contributed by atoms with Crippen LogP contribution in [-0.4, -0.2) is 44.8 Å². The summed E-state index contributed by atoms with van der Waals surface area (Å²) >= 11 is 0. The third-order valence-electron chi connectivity index (χ3n) is 4.15. The van der Waals surface area contributed by atoms with E-state index in [1.807, 2.05) is 6.92 Å². The molecule has 0 saturated carbocycles. The molecule has 1 aliphatic rings. The predicted molar refractivity (Wildman–Crippen MR) is 85.0 cm³/mol. The highest BCUT2D eigenvalue weighted by Gasteiger charge is 2.31. The summed E-state index contributed by atoms with van der Waals surface area (Å²) in [5.41, 5.74) is 6.35. The normalized spacial score (nSPS) is 21.3. The number of carbonyl (C=O) groups is 1. The first-order valence-electron chi connectivity index (χ1n) is 7.44. The summed E-state index contributed by atoms with van der Waals surface area (Å²) in [5, 5.41) is 2.51. The van der Waals surface area contributed by atoms with Crippen LogP contribution in [0.15, 0.2) is 29.2 Å². The molecule has 1 aromatic carbocycles. The Morgan fingerprint density at radius 1 is 1.36 bits per heavy atom. The molecule has 0 unspecified atom stereocenters. The molecule has 3 N–H and O–H groups in total. The van der Waals surface area contributed by atoms with E-state index in [1.54, 1.807) is 0 Å². The summed E-state index contributed by atoms with van der Waals surface area (Å²) in [7, 11) is -2.00. The maximum atomic E-state index is 12.7. The summed E-state index contributed by atoms with van der Waals surface area (Å²) < 4.78 is 26.9. The molecule has 1 heterocycles. The molecule has 22 heavy (non-hydrogen) atoms. The summed E-state index contributed by atoms with van der Waals surface area (Å²) in [6.07, 6.45) is 1.78. The number of hydrogen-bond donors (Lipinski definition) is 2. The number of carbonyl (C=O) groups excluding carboxylic acids is 1. The monoisotopic (exact) mass is 325 g/mol. The highest BCUT2D eigenvalue weighted by atomic mass is 32.2.